The minimum Gasteiger partial charge on any atom is -0.352 e. The van der Waals surface area contributed by atoms with E-state index in [4.69, 9.17) is 5.73 Å². The van der Waals surface area contributed by atoms with Crippen LogP contribution in [0.15, 0.2) is 29.2 Å². The number of urea groups is 1. The van der Waals surface area contributed by atoms with Crippen molar-refractivity contribution in [2.45, 2.75) is 18.4 Å². The maximum Gasteiger partial charge on any atom is 0.312 e. The van der Waals surface area contributed by atoms with Crippen LogP contribution in [0.2, 0.25) is 0 Å². The maximum absolute atomic E-state index is 11.5. The van der Waals surface area contributed by atoms with Gasteiger partial charge in [0.25, 0.3) is 0 Å². The van der Waals surface area contributed by atoms with Gasteiger partial charge in [0.1, 0.15) is 0 Å². The van der Waals surface area contributed by atoms with Gasteiger partial charge < -0.3 is 11.1 Å². The molecule has 0 aliphatic heterocycles. The standard InChI is InChI=1S/C10H14N2O3S/c1-2-16(14,15)9-5-3-8(4-6-9)7-12-10(11)13/h3-6H,2,7H2,1H3,(H3,11,12,13). The van der Waals surface area contributed by atoms with Crippen LogP contribution in [0, 0.1) is 0 Å². The Labute approximate surface area is 94.6 Å². The van der Waals surface area contributed by atoms with Crippen LogP contribution < -0.4 is 11.1 Å². The lowest BCUT2D eigenvalue weighted by Crippen LogP contribution is -2.28. The molecular weight excluding hydrogens is 228 g/mol. The summed E-state index contributed by atoms with van der Waals surface area (Å²) in [5.74, 6) is 0.0753. The zero-order chi connectivity index (χ0) is 12.2. The van der Waals surface area contributed by atoms with E-state index >= 15 is 0 Å². The Balaban J connectivity index is 2.80. The summed E-state index contributed by atoms with van der Waals surface area (Å²) >= 11 is 0. The van der Waals surface area contributed by atoms with E-state index in [-0.39, 0.29) is 10.6 Å². The van der Waals surface area contributed by atoms with Gasteiger partial charge in [-0.05, 0) is 17.7 Å². The van der Waals surface area contributed by atoms with E-state index in [2.05, 4.69) is 5.32 Å². The smallest absolute Gasteiger partial charge is 0.312 e. The zero-order valence-electron chi connectivity index (χ0n) is 8.93. The highest BCUT2D eigenvalue weighted by Crippen LogP contribution is 2.12. The fourth-order valence-corrected chi connectivity index (χ4v) is 2.05. The van der Waals surface area contributed by atoms with Crippen molar-refractivity contribution in [1.29, 1.82) is 0 Å². The molecule has 3 N–H and O–H groups in total. The molecule has 1 rings (SSSR count). The third-order valence-electron chi connectivity index (χ3n) is 2.13. The first kappa shape index (κ1) is 12.5. The lowest BCUT2D eigenvalue weighted by Gasteiger charge is -2.04. The van der Waals surface area contributed by atoms with Gasteiger partial charge in [-0.25, -0.2) is 13.2 Å². The van der Waals surface area contributed by atoms with Crippen molar-refractivity contribution in [2.24, 2.45) is 5.73 Å². The molecule has 0 atom stereocenters. The number of sulfone groups is 1. The molecule has 0 unspecified atom stereocenters. The Morgan fingerprint density at radius 1 is 1.31 bits per heavy atom. The summed E-state index contributed by atoms with van der Waals surface area (Å²) in [5.41, 5.74) is 5.71. The molecule has 2 amide bonds. The van der Waals surface area contributed by atoms with Gasteiger partial charge >= 0.3 is 6.03 Å². The highest BCUT2D eigenvalue weighted by Gasteiger charge is 2.10. The maximum atomic E-state index is 11.5. The zero-order valence-corrected chi connectivity index (χ0v) is 9.75. The average Bonchev–Trinajstić information content (AvgIpc) is 2.27. The van der Waals surface area contributed by atoms with Gasteiger partial charge in [-0.1, -0.05) is 19.1 Å². The molecule has 0 saturated heterocycles. The quantitative estimate of drug-likeness (QED) is 0.812. The van der Waals surface area contributed by atoms with Crippen molar-refractivity contribution in [3.63, 3.8) is 0 Å². The summed E-state index contributed by atoms with van der Waals surface area (Å²) in [5, 5.41) is 2.42. The number of nitrogens with two attached hydrogens (primary N) is 1. The molecule has 6 heteroatoms. The third kappa shape index (κ3) is 3.23. The van der Waals surface area contributed by atoms with E-state index in [0.717, 1.165) is 5.56 Å². The first-order valence-electron chi connectivity index (χ1n) is 4.80. The van der Waals surface area contributed by atoms with Crippen molar-refractivity contribution in [2.75, 3.05) is 5.75 Å². The van der Waals surface area contributed by atoms with Gasteiger partial charge in [0, 0.05) is 6.54 Å². The fraction of sp³-hybridized carbons (Fsp3) is 0.300. The predicted molar refractivity (Wildman–Crippen MR) is 60.6 cm³/mol. The minimum absolute atomic E-state index is 0.0753. The lowest BCUT2D eigenvalue weighted by molar-refractivity contribution is 0.248. The number of hydrogen-bond acceptors (Lipinski definition) is 3. The van der Waals surface area contributed by atoms with Crippen LogP contribution in [-0.4, -0.2) is 20.2 Å². The summed E-state index contributed by atoms with van der Waals surface area (Å²) in [7, 11) is -3.16. The lowest BCUT2D eigenvalue weighted by atomic mass is 10.2. The fourth-order valence-electron chi connectivity index (χ4n) is 1.17. The minimum atomic E-state index is -3.16. The van der Waals surface area contributed by atoms with E-state index in [0.29, 0.717) is 6.54 Å². The van der Waals surface area contributed by atoms with Gasteiger partial charge in [0.05, 0.1) is 10.6 Å². The SMILES string of the molecule is CCS(=O)(=O)c1ccc(CNC(N)=O)cc1. The van der Waals surface area contributed by atoms with Gasteiger partial charge in [0.15, 0.2) is 9.84 Å². The molecule has 5 nitrogen and oxygen atoms in total. The van der Waals surface area contributed by atoms with Crippen LogP contribution >= 0.6 is 0 Å². The number of benzene rings is 1. The topological polar surface area (TPSA) is 89.3 Å². The van der Waals surface area contributed by atoms with Crippen LogP contribution in [0.1, 0.15) is 12.5 Å². The molecule has 0 radical (unpaired) electrons. The second-order valence-corrected chi connectivity index (χ2v) is 5.54. The Morgan fingerprint density at radius 2 is 1.88 bits per heavy atom. The monoisotopic (exact) mass is 242 g/mol. The normalized spacial score (nSPS) is 11.1. The van der Waals surface area contributed by atoms with Crippen molar-refractivity contribution in [3.05, 3.63) is 29.8 Å². The van der Waals surface area contributed by atoms with Crippen molar-refractivity contribution >= 4 is 15.9 Å². The molecule has 16 heavy (non-hydrogen) atoms. The second-order valence-electron chi connectivity index (χ2n) is 3.27. The van der Waals surface area contributed by atoms with Gasteiger partial charge in [0.2, 0.25) is 0 Å². The van der Waals surface area contributed by atoms with Crippen LogP contribution in [0.5, 0.6) is 0 Å². The molecule has 0 aliphatic carbocycles. The molecule has 1 aromatic rings. The van der Waals surface area contributed by atoms with Gasteiger partial charge in [-0.3, -0.25) is 0 Å². The molecule has 0 saturated carbocycles. The largest absolute Gasteiger partial charge is 0.352 e. The summed E-state index contributed by atoms with van der Waals surface area (Å²) in [6, 6.07) is 5.75. The van der Waals surface area contributed by atoms with E-state index in [9.17, 15) is 13.2 Å². The number of rotatable bonds is 4. The number of carbonyl (C=O) groups is 1. The number of carbonyl (C=O) groups excluding carboxylic acids is 1. The molecule has 0 heterocycles. The van der Waals surface area contributed by atoms with Crippen LogP contribution in [0.4, 0.5) is 4.79 Å². The summed E-state index contributed by atoms with van der Waals surface area (Å²) in [6.07, 6.45) is 0. The molecule has 88 valence electrons. The van der Waals surface area contributed by atoms with Gasteiger partial charge in [-0.2, -0.15) is 0 Å². The molecule has 0 spiro atoms. The van der Waals surface area contributed by atoms with E-state index in [1.54, 1.807) is 19.1 Å². The van der Waals surface area contributed by atoms with Crippen LogP contribution in [0.3, 0.4) is 0 Å². The van der Waals surface area contributed by atoms with Crippen molar-refractivity contribution in [3.8, 4) is 0 Å². The highest BCUT2D eigenvalue weighted by atomic mass is 32.2. The molecule has 0 aliphatic rings. The summed E-state index contributed by atoms with van der Waals surface area (Å²) in [6.45, 7) is 1.89. The Morgan fingerprint density at radius 3 is 2.31 bits per heavy atom. The summed E-state index contributed by atoms with van der Waals surface area (Å²) in [4.78, 5) is 10.8. The first-order valence-corrected chi connectivity index (χ1v) is 6.46. The first-order chi connectivity index (χ1) is 7.45. The second kappa shape index (κ2) is 4.98. The number of hydrogen-bond donors (Lipinski definition) is 2. The Hall–Kier alpha value is -1.56. The number of primary amides is 1. The molecule has 0 bridgehead atoms. The Bertz CT molecular complexity index is 465. The Kier molecular flexibility index (Phi) is 3.89. The molecule has 1 aromatic carbocycles. The highest BCUT2D eigenvalue weighted by molar-refractivity contribution is 7.91. The van der Waals surface area contributed by atoms with E-state index < -0.39 is 15.9 Å². The average molecular weight is 242 g/mol. The van der Waals surface area contributed by atoms with Crippen LogP contribution in [0.25, 0.3) is 0 Å². The molecule has 0 fully saturated rings. The van der Waals surface area contributed by atoms with Gasteiger partial charge in [-0.15, -0.1) is 0 Å². The number of amides is 2. The predicted octanol–water partition coefficient (Wildman–Crippen LogP) is 0.649. The van der Waals surface area contributed by atoms with Crippen molar-refractivity contribution < 1.29 is 13.2 Å². The van der Waals surface area contributed by atoms with Crippen molar-refractivity contribution in [1.82, 2.24) is 5.32 Å². The van der Waals surface area contributed by atoms with E-state index in [1.165, 1.54) is 12.1 Å². The van der Waals surface area contributed by atoms with E-state index in [1.807, 2.05) is 0 Å². The number of nitrogens with one attached hydrogen (secondary N) is 1. The summed E-state index contributed by atoms with van der Waals surface area (Å²) < 4.78 is 23.0. The third-order valence-corrected chi connectivity index (χ3v) is 3.88. The van der Waals surface area contributed by atoms with Crippen LogP contribution in [-0.2, 0) is 16.4 Å². The molecule has 0 aromatic heterocycles. The molecular formula is C10H14N2O3S.